The van der Waals surface area contributed by atoms with E-state index in [1.165, 1.54) is 5.57 Å². The van der Waals surface area contributed by atoms with Gasteiger partial charge in [0.2, 0.25) is 10.0 Å². The van der Waals surface area contributed by atoms with E-state index in [0.717, 1.165) is 98.7 Å². The van der Waals surface area contributed by atoms with Crippen LogP contribution in [0.2, 0.25) is 0 Å². The second kappa shape index (κ2) is 18.5. The number of rotatable bonds is 14. The lowest BCUT2D eigenvalue weighted by molar-refractivity contribution is 0.0108. The van der Waals surface area contributed by atoms with Gasteiger partial charge in [-0.15, -0.1) is 0 Å². The minimum absolute atomic E-state index is 0.00775. The average molecular weight is 878 g/mol. The third-order valence-electron chi connectivity index (χ3n) is 13.5. The van der Waals surface area contributed by atoms with Crippen molar-refractivity contribution >= 4 is 44.9 Å². The van der Waals surface area contributed by atoms with Gasteiger partial charge in [0.05, 0.1) is 38.1 Å². The van der Waals surface area contributed by atoms with Gasteiger partial charge in [-0.3, -0.25) is 0 Å². The normalized spacial score (nSPS) is 22.3. The van der Waals surface area contributed by atoms with Crippen molar-refractivity contribution < 1.29 is 27.4 Å². The average Bonchev–Trinajstić information content (AvgIpc) is 3.33. The second-order valence-electron chi connectivity index (χ2n) is 16.9. The maximum Gasteiger partial charge on any atom is 0.244 e. The van der Waals surface area contributed by atoms with E-state index in [0.29, 0.717) is 11.5 Å². The topological polar surface area (TPSA) is 83.1 Å². The molecule has 0 amide bonds. The lowest BCUT2D eigenvalue weighted by Crippen LogP contribution is -2.46. The molecule has 4 aliphatic carbocycles. The molecule has 9 rings (SSSR count). The highest BCUT2D eigenvalue weighted by atomic mass is 32.2. The van der Waals surface area contributed by atoms with Gasteiger partial charge in [-0.25, -0.2) is 8.42 Å². The number of allylic oxidation sites excluding steroid dienone is 11. The monoisotopic (exact) mass is 877 g/mol. The predicted octanol–water partition coefficient (Wildman–Crippen LogP) is 12.1. The molecule has 0 bridgehead atoms. The Hall–Kier alpha value is -5.24. The summed E-state index contributed by atoms with van der Waals surface area (Å²) in [6, 6.07) is 30.1. The molecule has 0 saturated carbocycles. The summed E-state index contributed by atoms with van der Waals surface area (Å²) in [5.41, 5.74) is 5.29. The quantitative estimate of drug-likeness (QED) is 0.112. The van der Waals surface area contributed by atoms with Gasteiger partial charge >= 0.3 is 0 Å². The first-order valence-corrected chi connectivity index (χ1v) is 24.9. The Bertz CT molecular complexity index is 2840. The first-order chi connectivity index (χ1) is 30.8. The minimum Gasteiger partial charge on any atom is -0.501 e. The van der Waals surface area contributed by atoms with Crippen LogP contribution in [0.3, 0.4) is 0 Å². The van der Waals surface area contributed by atoms with Gasteiger partial charge in [0, 0.05) is 48.8 Å². The van der Waals surface area contributed by atoms with E-state index in [2.05, 4.69) is 96.4 Å². The molecule has 0 radical (unpaired) electrons. The molecule has 5 aromatic rings. The zero-order valence-electron chi connectivity index (χ0n) is 36.7. The summed E-state index contributed by atoms with van der Waals surface area (Å²) in [6.45, 7) is 2.16. The van der Waals surface area contributed by atoms with E-state index in [4.69, 9.17) is 18.9 Å². The maximum absolute atomic E-state index is 15.1. The molecule has 0 saturated heterocycles. The molecular formula is C54H56NO6PS. The van der Waals surface area contributed by atoms with Crippen molar-refractivity contribution in [2.45, 2.75) is 56.4 Å². The van der Waals surface area contributed by atoms with Crippen molar-refractivity contribution in [2.75, 3.05) is 28.4 Å². The highest BCUT2D eigenvalue weighted by Crippen LogP contribution is 2.59. The minimum atomic E-state index is -4.12. The van der Waals surface area contributed by atoms with Crippen molar-refractivity contribution in [3.63, 3.8) is 0 Å². The number of aryl methyl sites for hydroxylation is 1. The van der Waals surface area contributed by atoms with Crippen molar-refractivity contribution in [1.82, 2.24) is 4.49 Å². The summed E-state index contributed by atoms with van der Waals surface area (Å²) in [6.07, 6.45) is 23.0. The molecule has 4 aliphatic rings. The SMILES string of the molecule is CCCCc1ccc(S(=O)(=O)NP(C2=CC3=CC=CCC3C(C3C(OC)=CC=C4C=CCCC43)C2OC)c2cc3ccccc3c(-c3c(OC)ccc4ccccc34)c2OC)cc1. The molecule has 0 fully saturated rings. The van der Waals surface area contributed by atoms with E-state index in [-0.39, 0.29) is 28.6 Å². The number of ether oxygens (including phenoxy) is 4. The Morgan fingerprint density at radius 3 is 2.25 bits per heavy atom. The van der Waals surface area contributed by atoms with Gasteiger partial charge in [0.25, 0.3) is 0 Å². The van der Waals surface area contributed by atoms with Crippen molar-refractivity contribution in [3.8, 4) is 22.6 Å². The fourth-order valence-electron chi connectivity index (χ4n) is 10.5. The van der Waals surface area contributed by atoms with Gasteiger partial charge in [0.1, 0.15) is 11.5 Å². The number of hydrogen-bond acceptors (Lipinski definition) is 6. The van der Waals surface area contributed by atoms with Crippen LogP contribution in [0.1, 0.15) is 44.6 Å². The van der Waals surface area contributed by atoms with Crippen LogP contribution in [0.4, 0.5) is 0 Å². The molecule has 63 heavy (non-hydrogen) atoms. The maximum atomic E-state index is 15.1. The van der Waals surface area contributed by atoms with Gasteiger partial charge in [0.15, 0.2) is 0 Å². The fourth-order valence-corrected chi connectivity index (χ4v) is 15.0. The molecule has 6 atom stereocenters. The number of hydrogen-bond donors (Lipinski definition) is 1. The van der Waals surface area contributed by atoms with Crippen LogP contribution in [0.25, 0.3) is 32.7 Å². The Morgan fingerprint density at radius 1 is 0.762 bits per heavy atom. The summed E-state index contributed by atoms with van der Waals surface area (Å²) in [5, 5.41) is 5.58. The Kier molecular flexibility index (Phi) is 12.6. The molecule has 0 spiro atoms. The lowest BCUT2D eigenvalue weighted by Gasteiger charge is -2.48. The van der Waals surface area contributed by atoms with Crippen LogP contribution in [-0.2, 0) is 25.9 Å². The molecule has 5 aromatic carbocycles. The number of methoxy groups -OCH3 is 4. The molecule has 1 N–H and O–H groups in total. The highest BCUT2D eigenvalue weighted by Gasteiger charge is 2.50. The van der Waals surface area contributed by atoms with Crippen LogP contribution in [0.5, 0.6) is 11.5 Å². The van der Waals surface area contributed by atoms with Crippen LogP contribution in [-0.4, -0.2) is 43.0 Å². The molecule has 0 aliphatic heterocycles. The van der Waals surface area contributed by atoms with E-state index in [9.17, 15) is 0 Å². The number of nitrogens with one attached hydrogen (secondary N) is 1. The van der Waals surface area contributed by atoms with Gasteiger partial charge in [-0.05, 0) is 113 Å². The van der Waals surface area contributed by atoms with Crippen molar-refractivity contribution in [1.29, 1.82) is 0 Å². The van der Waals surface area contributed by atoms with Crippen molar-refractivity contribution in [3.05, 3.63) is 167 Å². The smallest absolute Gasteiger partial charge is 0.244 e. The zero-order chi connectivity index (χ0) is 43.7. The molecule has 324 valence electrons. The molecule has 9 heteroatoms. The summed E-state index contributed by atoms with van der Waals surface area (Å²) in [7, 11) is 0.849. The van der Waals surface area contributed by atoms with E-state index >= 15 is 8.42 Å². The second-order valence-corrected chi connectivity index (χ2v) is 20.7. The van der Waals surface area contributed by atoms with Crippen LogP contribution in [0.15, 0.2) is 167 Å². The summed E-state index contributed by atoms with van der Waals surface area (Å²) < 4.78 is 59.5. The third-order valence-corrected chi connectivity index (χ3v) is 17.8. The van der Waals surface area contributed by atoms with Crippen molar-refractivity contribution in [2.24, 2.45) is 23.7 Å². The molecule has 7 nitrogen and oxygen atoms in total. The van der Waals surface area contributed by atoms with Gasteiger partial charge in [-0.1, -0.05) is 123 Å². The predicted molar refractivity (Wildman–Crippen MR) is 258 cm³/mol. The largest absolute Gasteiger partial charge is 0.501 e. The Morgan fingerprint density at radius 2 is 1.52 bits per heavy atom. The number of fused-ring (bicyclic) bond motifs is 4. The standard InChI is InChI=1S/C54H56NO6PS/c1-6-7-16-35-25-29-40(30-26-35)63(56,57)55-62(47-33-38-19-10-14-23-43(38)51(53(47)60-4)49-41-21-12-8-17-36(41)27-31-45(49)58-2)48-34-39-20-11-15-24-44(39)52(54(48)61-5)50-42-22-13-9-18-37(42)28-32-46(50)59-3/h8-12,14-15,17-21,23,25-34,42,44,50,52,54-55H,6-7,13,16,22,24H2,1-5H3. The number of sulfonamides is 1. The van der Waals surface area contributed by atoms with Crippen LogP contribution < -0.4 is 19.3 Å². The molecule has 0 heterocycles. The van der Waals surface area contributed by atoms with E-state index in [1.54, 1.807) is 40.6 Å². The first kappa shape index (κ1) is 43.0. The first-order valence-electron chi connectivity index (χ1n) is 22.1. The third kappa shape index (κ3) is 8.01. The lowest BCUT2D eigenvalue weighted by atomic mass is 9.61. The molecule has 0 aromatic heterocycles. The molecular weight excluding hydrogens is 822 g/mol. The van der Waals surface area contributed by atoms with Crippen LogP contribution >= 0.6 is 8.07 Å². The van der Waals surface area contributed by atoms with E-state index < -0.39 is 24.2 Å². The summed E-state index contributed by atoms with van der Waals surface area (Å²) in [4.78, 5) is 0.214. The summed E-state index contributed by atoms with van der Waals surface area (Å²) in [5.74, 6) is 2.47. The Labute approximate surface area is 373 Å². The van der Waals surface area contributed by atoms with Gasteiger partial charge < -0.3 is 18.9 Å². The highest BCUT2D eigenvalue weighted by molar-refractivity contribution is 7.97. The zero-order valence-corrected chi connectivity index (χ0v) is 38.4. The molecule has 6 unspecified atom stereocenters. The van der Waals surface area contributed by atoms with E-state index in [1.807, 2.05) is 42.5 Å². The Balaban J connectivity index is 1.31. The summed E-state index contributed by atoms with van der Waals surface area (Å²) >= 11 is 0. The number of unbranched alkanes of at least 4 members (excludes halogenated alkanes) is 1. The number of benzene rings is 5. The fraction of sp³-hybridized carbons (Fsp3) is 0.296. The van der Waals surface area contributed by atoms with Crippen LogP contribution in [0, 0.1) is 23.7 Å². The van der Waals surface area contributed by atoms with Gasteiger partial charge in [-0.2, -0.15) is 4.49 Å².